The highest BCUT2D eigenvalue weighted by atomic mass is 16.6. The van der Waals surface area contributed by atoms with Crippen LogP contribution in [0.2, 0.25) is 0 Å². The number of aryl methyl sites for hydroxylation is 1. The third-order valence-corrected chi connectivity index (χ3v) is 3.46. The maximum Gasteiger partial charge on any atom is 0.293 e. The van der Waals surface area contributed by atoms with Gasteiger partial charge in [0.25, 0.3) is 5.69 Å². The summed E-state index contributed by atoms with van der Waals surface area (Å²) in [5.74, 6) is 0.697. The lowest BCUT2D eigenvalue weighted by Crippen LogP contribution is -2.09. The second-order valence-corrected chi connectivity index (χ2v) is 5.21. The number of anilines is 1. The number of nitrogens with zero attached hydrogens (tertiary/aromatic N) is 1. The van der Waals surface area contributed by atoms with Crippen LogP contribution in [0.25, 0.3) is 6.08 Å². The van der Waals surface area contributed by atoms with Gasteiger partial charge in [0.1, 0.15) is 17.2 Å². The number of rotatable bonds is 6. The lowest BCUT2D eigenvalue weighted by Gasteiger charge is -2.07. The summed E-state index contributed by atoms with van der Waals surface area (Å²) < 4.78 is 10.4. The predicted octanol–water partition coefficient (Wildman–Crippen LogP) is 3.57. The standard InChI is InChI=1S/C18H18N2O5/c1-12-4-8-15(16(10-12)20(22)23)19-18(21)9-6-13-5-7-14(24-2)11-17(13)25-3/h4-11H,1-3H3,(H,19,21)/b9-6+. The van der Waals surface area contributed by atoms with Crippen LogP contribution in [0.1, 0.15) is 11.1 Å². The SMILES string of the molecule is COc1ccc(/C=C/C(=O)Nc2ccc(C)cc2[N+](=O)[O-])c(OC)c1. The van der Waals surface area contributed by atoms with Crippen LogP contribution < -0.4 is 14.8 Å². The molecule has 1 amide bonds. The minimum absolute atomic E-state index is 0.145. The Morgan fingerprint density at radius 1 is 1.16 bits per heavy atom. The minimum Gasteiger partial charge on any atom is -0.497 e. The molecule has 0 saturated heterocycles. The Labute approximate surface area is 145 Å². The topological polar surface area (TPSA) is 90.7 Å². The van der Waals surface area contributed by atoms with Gasteiger partial charge < -0.3 is 14.8 Å². The molecule has 0 bridgehead atoms. The molecule has 0 unspecified atom stereocenters. The van der Waals surface area contributed by atoms with Crippen LogP contribution in [0.4, 0.5) is 11.4 Å². The van der Waals surface area contributed by atoms with Gasteiger partial charge in [-0.2, -0.15) is 0 Å². The Kier molecular flexibility index (Phi) is 5.73. The molecule has 2 aromatic rings. The summed E-state index contributed by atoms with van der Waals surface area (Å²) >= 11 is 0. The number of hydrogen-bond donors (Lipinski definition) is 1. The lowest BCUT2D eigenvalue weighted by molar-refractivity contribution is -0.384. The van der Waals surface area contributed by atoms with E-state index in [2.05, 4.69) is 5.32 Å². The molecule has 0 aliphatic rings. The van der Waals surface area contributed by atoms with Crippen molar-refractivity contribution in [3.05, 3.63) is 63.7 Å². The molecule has 1 N–H and O–H groups in total. The fourth-order valence-electron chi connectivity index (χ4n) is 2.19. The molecule has 7 nitrogen and oxygen atoms in total. The van der Waals surface area contributed by atoms with E-state index in [0.29, 0.717) is 17.1 Å². The number of methoxy groups -OCH3 is 2. The van der Waals surface area contributed by atoms with Gasteiger partial charge >= 0.3 is 0 Å². The van der Waals surface area contributed by atoms with E-state index < -0.39 is 10.8 Å². The van der Waals surface area contributed by atoms with Gasteiger partial charge in [0, 0.05) is 23.8 Å². The molecule has 0 aliphatic heterocycles. The highest BCUT2D eigenvalue weighted by Gasteiger charge is 2.15. The smallest absolute Gasteiger partial charge is 0.293 e. The van der Waals surface area contributed by atoms with Crippen LogP contribution >= 0.6 is 0 Å². The van der Waals surface area contributed by atoms with Crippen LogP contribution in [0, 0.1) is 17.0 Å². The summed E-state index contributed by atoms with van der Waals surface area (Å²) in [7, 11) is 3.06. The Morgan fingerprint density at radius 3 is 2.56 bits per heavy atom. The second-order valence-electron chi connectivity index (χ2n) is 5.21. The summed E-state index contributed by atoms with van der Waals surface area (Å²) in [6.45, 7) is 1.74. The van der Waals surface area contributed by atoms with Crippen molar-refractivity contribution in [1.82, 2.24) is 0 Å². The average molecular weight is 342 g/mol. The maximum absolute atomic E-state index is 12.1. The number of carbonyl (C=O) groups is 1. The van der Waals surface area contributed by atoms with Crippen molar-refractivity contribution >= 4 is 23.4 Å². The van der Waals surface area contributed by atoms with Gasteiger partial charge in [0.15, 0.2) is 0 Å². The normalized spacial score (nSPS) is 10.5. The van der Waals surface area contributed by atoms with Crippen molar-refractivity contribution in [2.24, 2.45) is 0 Å². The Morgan fingerprint density at radius 2 is 1.92 bits per heavy atom. The van der Waals surface area contributed by atoms with Crippen molar-refractivity contribution < 1.29 is 19.2 Å². The highest BCUT2D eigenvalue weighted by Crippen LogP contribution is 2.27. The van der Waals surface area contributed by atoms with Gasteiger partial charge in [0.2, 0.25) is 5.91 Å². The summed E-state index contributed by atoms with van der Waals surface area (Å²) in [4.78, 5) is 22.6. The number of hydrogen-bond acceptors (Lipinski definition) is 5. The number of ether oxygens (including phenoxy) is 2. The van der Waals surface area contributed by atoms with Crippen LogP contribution in [-0.4, -0.2) is 25.1 Å². The van der Waals surface area contributed by atoms with E-state index in [1.54, 1.807) is 44.4 Å². The van der Waals surface area contributed by atoms with E-state index in [9.17, 15) is 14.9 Å². The maximum atomic E-state index is 12.1. The van der Waals surface area contributed by atoms with Gasteiger partial charge in [-0.1, -0.05) is 6.07 Å². The Bertz CT molecular complexity index is 830. The number of nitro benzene ring substituents is 1. The van der Waals surface area contributed by atoms with Gasteiger partial charge in [-0.25, -0.2) is 0 Å². The minimum atomic E-state index is -0.529. The van der Waals surface area contributed by atoms with Crippen LogP contribution in [-0.2, 0) is 4.79 Å². The highest BCUT2D eigenvalue weighted by molar-refractivity contribution is 6.03. The van der Waals surface area contributed by atoms with Gasteiger partial charge in [0.05, 0.1) is 19.1 Å². The summed E-state index contributed by atoms with van der Waals surface area (Å²) in [5.41, 5.74) is 1.41. The Balaban J connectivity index is 2.18. The second kappa shape index (κ2) is 7.96. The molecule has 0 spiro atoms. The molecular formula is C18H18N2O5. The molecule has 0 aromatic heterocycles. The van der Waals surface area contributed by atoms with E-state index in [-0.39, 0.29) is 11.4 Å². The molecule has 0 atom stereocenters. The molecule has 0 heterocycles. The van der Waals surface area contributed by atoms with Gasteiger partial charge in [-0.05, 0) is 36.8 Å². The molecule has 2 aromatic carbocycles. The van der Waals surface area contributed by atoms with E-state index in [1.807, 2.05) is 0 Å². The Hall–Kier alpha value is -3.35. The van der Waals surface area contributed by atoms with Crippen molar-refractivity contribution in [2.75, 3.05) is 19.5 Å². The van der Waals surface area contributed by atoms with Gasteiger partial charge in [-0.3, -0.25) is 14.9 Å². The van der Waals surface area contributed by atoms with Gasteiger partial charge in [-0.15, -0.1) is 0 Å². The molecular weight excluding hydrogens is 324 g/mol. The first-order valence-electron chi connectivity index (χ1n) is 7.40. The third kappa shape index (κ3) is 4.57. The van der Waals surface area contributed by atoms with E-state index in [0.717, 1.165) is 5.56 Å². The zero-order chi connectivity index (χ0) is 18.4. The summed E-state index contributed by atoms with van der Waals surface area (Å²) in [5, 5.41) is 13.6. The van der Waals surface area contributed by atoms with Crippen LogP contribution in [0.3, 0.4) is 0 Å². The van der Waals surface area contributed by atoms with E-state index in [1.165, 1.54) is 25.3 Å². The number of nitro groups is 1. The fourth-order valence-corrected chi connectivity index (χ4v) is 2.19. The molecule has 7 heteroatoms. The van der Waals surface area contributed by atoms with Crippen molar-refractivity contribution in [3.63, 3.8) is 0 Å². The average Bonchev–Trinajstić information content (AvgIpc) is 2.61. The third-order valence-electron chi connectivity index (χ3n) is 3.46. The van der Waals surface area contributed by atoms with Crippen LogP contribution in [0.5, 0.6) is 11.5 Å². The quantitative estimate of drug-likeness (QED) is 0.492. The number of amides is 1. The number of carbonyl (C=O) groups excluding carboxylic acids is 1. The first kappa shape index (κ1) is 18.0. The summed E-state index contributed by atoms with van der Waals surface area (Å²) in [6, 6.07) is 9.79. The molecule has 0 radical (unpaired) electrons. The molecule has 25 heavy (non-hydrogen) atoms. The first-order valence-corrected chi connectivity index (χ1v) is 7.40. The number of nitrogens with one attached hydrogen (secondary N) is 1. The van der Waals surface area contributed by atoms with Crippen molar-refractivity contribution in [3.8, 4) is 11.5 Å². The molecule has 130 valence electrons. The largest absolute Gasteiger partial charge is 0.497 e. The monoisotopic (exact) mass is 342 g/mol. The van der Waals surface area contributed by atoms with Crippen LogP contribution in [0.15, 0.2) is 42.5 Å². The van der Waals surface area contributed by atoms with E-state index in [4.69, 9.17) is 9.47 Å². The molecule has 0 fully saturated rings. The van der Waals surface area contributed by atoms with Crippen molar-refractivity contribution in [1.29, 1.82) is 0 Å². The zero-order valence-corrected chi connectivity index (χ0v) is 14.1. The zero-order valence-electron chi connectivity index (χ0n) is 14.1. The van der Waals surface area contributed by atoms with Crippen molar-refractivity contribution in [2.45, 2.75) is 6.92 Å². The van der Waals surface area contributed by atoms with E-state index >= 15 is 0 Å². The molecule has 0 saturated carbocycles. The first-order chi connectivity index (χ1) is 11.9. The summed E-state index contributed by atoms with van der Waals surface area (Å²) in [6.07, 6.45) is 2.85. The molecule has 0 aliphatic carbocycles. The number of benzene rings is 2. The fraction of sp³-hybridized carbons (Fsp3) is 0.167. The lowest BCUT2D eigenvalue weighted by atomic mass is 10.1. The predicted molar refractivity (Wildman–Crippen MR) is 95.0 cm³/mol. The molecule has 2 rings (SSSR count).